The van der Waals surface area contributed by atoms with Crippen LogP contribution in [-0.4, -0.2) is 11.8 Å². The Morgan fingerprint density at radius 3 is 2.25 bits per heavy atom. The van der Waals surface area contributed by atoms with Crippen LogP contribution in [0.3, 0.4) is 0 Å². The smallest absolute Gasteiger partial charge is 0.0615 e. The minimum absolute atomic E-state index is 1.06. The van der Waals surface area contributed by atoms with Gasteiger partial charge in [-0.15, -0.1) is 0 Å². The molecule has 0 aliphatic rings. The second kappa shape index (κ2) is 3.52. The van der Waals surface area contributed by atoms with Crippen LogP contribution in [0.2, 0.25) is 0 Å². The van der Waals surface area contributed by atoms with Crippen LogP contribution in [0.4, 0.5) is 0 Å². The van der Waals surface area contributed by atoms with Crippen molar-refractivity contribution in [2.75, 3.05) is 6.66 Å². The zero-order valence-electron chi connectivity index (χ0n) is 2.36. The fraction of sp³-hybridized carbons (Fsp3) is 0.500. The molecule has 0 aromatic rings. The van der Waals surface area contributed by atoms with E-state index in [2.05, 4.69) is 17.3 Å². The Balaban J connectivity index is 2.30. The zero-order chi connectivity index (χ0) is 3.41. The topological polar surface area (TPSA) is 0 Å². The molecule has 0 nitrogen and oxygen atoms in total. The summed E-state index contributed by atoms with van der Waals surface area (Å²) in [6.45, 7) is 1.94. The van der Waals surface area contributed by atoms with Crippen molar-refractivity contribution in [3.8, 4) is 0 Å². The van der Waals surface area contributed by atoms with Crippen LogP contribution in [0.1, 0.15) is 0 Å². The summed E-state index contributed by atoms with van der Waals surface area (Å²) in [5.74, 6) is 0. The Bertz CT molecular complexity index is 20.0. The second-order valence-electron chi connectivity index (χ2n) is 0.315. The van der Waals surface area contributed by atoms with E-state index in [4.69, 9.17) is 0 Å². The van der Waals surface area contributed by atoms with Crippen molar-refractivity contribution < 1.29 is 0 Å². The zero-order valence-corrected chi connectivity index (χ0v) is 4.07. The van der Waals surface area contributed by atoms with Gasteiger partial charge >= 0.3 is 0 Å². The molecule has 0 atom stereocenters. The molecular weight excluding hydrogens is 87.1 g/mol. The van der Waals surface area contributed by atoms with Gasteiger partial charge in [-0.2, -0.15) is 0 Å². The quantitative estimate of drug-likeness (QED) is 0.346. The minimum Gasteiger partial charge on any atom is -0.0776 e. The largest absolute Gasteiger partial charge is 0.0776 e. The summed E-state index contributed by atoms with van der Waals surface area (Å²) in [4.78, 5) is 0. The van der Waals surface area contributed by atoms with E-state index in [9.17, 15) is 0 Å². The lowest BCUT2D eigenvalue weighted by molar-refractivity contribution is 2.50. The molecule has 0 saturated carbocycles. The molecule has 0 bridgehead atoms. The van der Waals surface area contributed by atoms with Crippen molar-refractivity contribution in [1.82, 2.24) is 0 Å². The van der Waals surface area contributed by atoms with E-state index in [-0.39, 0.29) is 0 Å². The van der Waals surface area contributed by atoms with Gasteiger partial charge < -0.3 is 0 Å². The van der Waals surface area contributed by atoms with Crippen LogP contribution in [0.5, 0.6) is 0 Å². The van der Waals surface area contributed by atoms with Crippen LogP contribution >= 0.6 is 20.8 Å². The third-order valence-corrected chi connectivity index (χ3v) is 0.822. The first-order valence-corrected chi connectivity index (χ1v) is 2.62. The second-order valence-corrected chi connectivity index (χ2v) is 1.49. The maximum Gasteiger partial charge on any atom is 0.0615 e. The van der Waals surface area contributed by atoms with Crippen molar-refractivity contribution in [3.63, 3.8) is 0 Å². The summed E-state index contributed by atoms with van der Waals surface area (Å²) in [6, 6.07) is 0. The molecule has 0 aliphatic carbocycles. The van der Waals surface area contributed by atoms with Crippen molar-refractivity contribution in [1.29, 1.82) is 0 Å². The molecule has 2 radical (unpaired) electrons. The van der Waals surface area contributed by atoms with Gasteiger partial charge in [0.1, 0.15) is 0 Å². The predicted molar refractivity (Wildman–Crippen MR) is 25.4 cm³/mol. The van der Waals surface area contributed by atoms with Crippen molar-refractivity contribution in [2.24, 2.45) is 0 Å². The molecule has 0 aromatic carbocycles. The third kappa shape index (κ3) is 2.52. The molecule has 0 unspecified atom stereocenters. The Morgan fingerprint density at radius 1 is 2.00 bits per heavy atom. The van der Waals surface area contributed by atoms with E-state index in [1.807, 2.05) is 6.66 Å². The van der Waals surface area contributed by atoms with Gasteiger partial charge in [-0.25, -0.2) is 0 Å². The predicted octanol–water partition coefficient (Wildman–Crippen LogP) is 1.40. The summed E-state index contributed by atoms with van der Waals surface area (Å²) in [6.07, 6.45) is 0. The van der Waals surface area contributed by atoms with E-state index in [0.29, 0.717) is 0 Å². The molecule has 0 fully saturated rings. The number of thiocarbonyl (C=S) groups is 1. The lowest BCUT2D eigenvalue weighted by Gasteiger charge is -1.52. The standard InChI is InChI=1S/C2H3PS/c1-3-2-4/h1H3. The van der Waals surface area contributed by atoms with Gasteiger partial charge in [0.15, 0.2) is 0 Å². The van der Waals surface area contributed by atoms with Crippen LogP contribution in [0.15, 0.2) is 0 Å². The van der Waals surface area contributed by atoms with Gasteiger partial charge in [-0.3, -0.25) is 0 Å². The van der Waals surface area contributed by atoms with E-state index >= 15 is 0 Å². The van der Waals surface area contributed by atoms with Crippen molar-refractivity contribution in [2.45, 2.75) is 0 Å². The molecule has 22 valence electrons. The molecule has 0 amide bonds. The molecule has 0 rings (SSSR count). The summed E-state index contributed by atoms with van der Waals surface area (Å²) in [7, 11) is 1.06. The highest BCUT2D eigenvalue weighted by molar-refractivity contribution is 7.90. The molecule has 0 N–H and O–H groups in total. The average Bonchev–Trinajstić information content (AvgIpc) is 1.37. The molecule has 0 heterocycles. The van der Waals surface area contributed by atoms with E-state index in [0.717, 1.165) is 8.58 Å². The maximum atomic E-state index is 4.29. The van der Waals surface area contributed by atoms with Crippen LogP contribution in [-0.2, 0) is 0 Å². The van der Waals surface area contributed by atoms with Gasteiger partial charge in [-0.05, 0) is 15.2 Å². The lowest BCUT2D eigenvalue weighted by atomic mass is 11.9. The first-order valence-electron chi connectivity index (χ1n) is 0.875. The normalized spacial score (nSPS) is 9.25. The highest BCUT2D eigenvalue weighted by Crippen LogP contribution is 1.90. The minimum atomic E-state index is 1.06. The van der Waals surface area contributed by atoms with Gasteiger partial charge in [-0.1, -0.05) is 12.2 Å². The Labute approximate surface area is 33.4 Å². The highest BCUT2D eigenvalue weighted by Gasteiger charge is 1.50. The first-order chi connectivity index (χ1) is 1.91. The number of rotatable bonds is 1. The molecule has 0 spiro atoms. The monoisotopic (exact) mass is 90.0 g/mol. The number of hydrogen-bond donors (Lipinski definition) is 0. The van der Waals surface area contributed by atoms with Gasteiger partial charge in [0.2, 0.25) is 0 Å². The van der Waals surface area contributed by atoms with Gasteiger partial charge in [0, 0.05) is 0 Å². The van der Waals surface area contributed by atoms with Gasteiger partial charge in [0.25, 0.3) is 0 Å². The van der Waals surface area contributed by atoms with Crippen LogP contribution < -0.4 is 0 Å². The highest BCUT2D eigenvalue weighted by atomic mass is 32.1. The summed E-state index contributed by atoms with van der Waals surface area (Å²) in [5, 5.41) is 2.49. The first kappa shape index (κ1) is 4.52. The van der Waals surface area contributed by atoms with Gasteiger partial charge in [0.05, 0.1) is 5.11 Å². The van der Waals surface area contributed by atoms with Crippen LogP contribution in [0.25, 0.3) is 0 Å². The molecule has 0 saturated heterocycles. The Hall–Kier alpha value is 0.520. The summed E-state index contributed by atoms with van der Waals surface area (Å²) < 4.78 is 0. The fourth-order valence-corrected chi connectivity index (χ4v) is 0. The molecule has 0 aromatic heterocycles. The van der Waals surface area contributed by atoms with Crippen LogP contribution in [0, 0.1) is 0 Å². The maximum absolute atomic E-state index is 4.29. The Morgan fingerprint density at radius 2 is 2.25 bits per heavy atom. The van der Waals surface area contributed by atoms with E-state index in [1.54, 1.807) is 0 Å². The van der Waals surface area contributed by atoms with Crippen molar-refractivity contribution >= 4 is 25.9 Å². The van der Waals surface area contributed by atoms with E-state index < -0.39 is 0 Å². The van der Waals surface area contributed by atoms with Crippen molar-refractivity contribution in [3.05, 3.63) is 0 Å². The summed E-state index contributed by atoms with van der Waals surface area (Å²) in [5.41, 5.74) is 0. The average molecular weight is 90.1 g/mol. The number of hydrogen-bond acceptors (Lipinski definition) is 1. The SMILES string of the molecule is C[P][C]=S. The lowest BCUT2D eigenvalue weighted by Crippen LogP contribution is -1.31. The molecular formula is C2H3PS. The van der Waals surface area contributed by atoms with E-state index in [1.165, 1.54) is 0 Å². The third-order valence-electron chi connectivity index (χ3n) is 0.0913. The summed E-state index contributed by atoms with van der Waals surface area (Å²) >= 11 is 4.29. The Kier molecular flexibility index (Phi) is 3.98. The molecule has 0 aliphatic heterocycles. The fourth-order valence-electron chi connectivity index (χ4n) is 0. The molecule has 4 heavy (non-hydrogen) atoms. The molecule has 2 heteroatoms.